The summed E-state index contributed by atoms with van der Waals surface area (Å²) < 4.78 is 0. The van der Waals surface area contributed by atoms with Crippen molar-refractivity contribution in [3.05, 3.63) is 0 Å². The summed E-state index contributed by atoms with van der Waals surface area (Å²) in [5.41, 5.74) is 0. The lowest BCUT2D eigenvalue weighted by molar-refractivity contribution is 0.107. The topological polar surface area (TPSA) is 52.6 Å². The molecule has 12 heavy (non-hydrogen) atoms. The van der Waals surface area contributed by atoms with E-state index in [1.54, 1.807) is 4.90 Å². The predicted octanol–water partition coefficient (Wildman–Crippen LogP) is 0.738. The molecule has 1 aliphatic rings. The van der Waals surface area contributed by atoms with E-state index in [4.69, 9.17) is 5.11 Å². The van der Waals surface area contributed by atoms with E-state index in [0.717, 1.165) is 25.8 Å². The van der Waals surface area contributed by atoms with Gasteiger partial charge >= 0.3 is 6.09 Å². The first kappa shape index (κ1) is 9.32. The Morgan fingerprint density at radius 3 is 3.00 bits per heavy atom. The van der Waals surface area contributed by atoms with E-state index in [9.17, 15) is 4.79 Å². The van der Waals surface area contributed by atoms with Crippen molar-refractivity contribution in [2.45, 2.75) is 25.3 Å². The Morgan fingerprint density at radius 2 is 2.42 bits per heavy atom. The molecular weight excluding hydrogens is 156 g/mol. The van der Waals surface area contributed by atoms with Gasteiger partial charge in [0.2, 0.25) is 0 Å². The average molecular weight is 172 g/mol. The van der Waals surface area contributed by atoms with E-state index in [2.05, 4.69) is 5.32 Å². The van der Waals surface area contributed by atoms with E-state index in [1.165, 1.54) is 0 Å². The lowest BCUT2D eigenvalue weighted by Crippen LogP contribution is -2.47. The second-order valence-electron chi connectivity index (χ2n) is 3.18. The SMILES string of the molecule is CNCC1CCCCN1C(=O)O. The third-order valence-electron chi connectivity index (χ3n) is 2.31. The standard InChI is InChI=1S/C8H16N2O2/c1-9-6-7-4-2-3-5-10(7)8(11)12/h7,9H,2-6H2,1H3,(H,11,12). The first-order valence-electron chi connectivity index (χ1n) is 4.40. The summed E-state index contributed by atoms with van der Waals surface area (Å²) in [7, 11) is 1.86. The molecule has 2 N–H and O–H groups in total. The highest BCUT2D eigenvalue weighted by atomic mass is 16.4. The highest BCUT2D eigenvalue weighted by Crippen LogP contribution is 2.15. The van der Waals surface area contributed by atoms with E-state index in [-0.39, 0.29) is 6.04 Å². The minimum Gasteiger partial charge on any atom is -0.465 e. The summed E-state index contributed by atoms with van der Waals surface area (Å²) in [5, 5.41) is 11.9. The molecule has 1 rings (SSSR count). The van der Waals surface area contributed by atoms with Crippen LogP contribution in [0.15, 0.2) is 0 Å². The van der Waals surface area contributed by atoms with Gasteiger partial charge in [-0.2, -0.15) is 0 Å². The lowest BCUT2D eigenvalue weighted by Gasteiger charge is -2.33. The Balaban J connectivity index is 2.48. The Morgan fingerprint density at radius 1 is 1.67 bits per heavy atom. The fraction of sp³-hybridized carbons (Fsp3) is 0.875. The van der Waals surface area contributed by atoms with E-state index < -0.39 is 6.09 Å². The highest BCUT2D eigenvalue weighted by Gasteiger charge is 2.25. The van der Waals surface area contributed by atoms with E-state index in [1.807, 2.05) is 7.05 Å². The van der Waals surface area contributed by atoms with Gasteiger partial charge in [0.25, 0.3) is 0 Å². The van der Waals surface area contributed by atoms with Crippen LogP contribution in [0, 0.1) is 0 Å². The predicted molar refractivity (Wildman–Crippen MR) is 46.3 cm³/mol. The van der Waals surface area contributed by atoms with Gasteiger partial charge in [0.05, 0.1) is 0 Å². The third kappa shape index (κ3) is 2.11. The lowest BCUT2D eigenvalue weighted by atomic mass is 10.0. The van der Waals surface area contributed by atoms with Gasteiger partial charge in [0.15, 0.2) is 0 Å². The molecule has 0 aromatic carbocycles. The number of carboxylic acid groups (broad SMARTS) is 1. The van der Waals surface area contributed by atoms with Gasteiger partial charge in [-0.3, -0.25) is 0 Å². The van der Waals surface area contributed by atoms with Crippen molar-refractivity contribution >= 4 is 6.09 Å². The summed E-state index contributed by atoms with van der Waals surface area (Å²) in [5.74, 6) is 0. The van der Waals surface area contributed by atoms with E-state index in [0.29, 0.717) is 6.54 Å². The van der Waals surface area contributed by atoms with Gasteiger partial charge in [-0.1, -0.05) is 0 Å². The molecular formula is C8H16N2O2. The van der Waals surface area contributed by atoms with Crippen molar-refractivity contribution in [2.24, 2.45) is 0 Å². The van der Waals surface area contributed by atoms with Crippen LogP contribution >= 0.6 is 0 Å². The number of hydrogen-bond acceptors (Lipinski definition) is 2. The second-order valence-corrected chi connectivity index (χ2v) is 3.18. The molecule has 1 saturated heterocycles. The second kappa shape index (κ2) is 4.30. The maximum Gasteiger partial charge on any atom is 0.407 e. The fourth-order valence-corrected chi connectivity index (χ4v) is 1.70. The molecule has 4 heteroatoms. The molecule has 0 bridgehead atoms. The van der Waals surface area contributed by atoms with Gasteiger partial charge in [0.1, 0.15) is 0 Å². The van der Waals surface area contributed by atoms with Crippen molar-refractivity contribution in [2.75, 3.05) is 20.1 Å². The first-order chi connectivity index (χ1) is 5.75. The number of rotatable bonds is 2. The van der Waals surface area contributed by atoms with Crippen LogP contribution in [0.1, 0.15) is 19.3 Å². The van der Waals surface area contributed by atoms with Crippen molar-refractivity contribution in [1.82, 2.24) is 10.2 Å². The van der Waals surface area contributed by atoms with Crippen molar-refractivity contribution in [3.63, 3.8) is 0 Å². The zero-order chi connectivity index (χ0) is 8.97. The summed E-state index contributed by atoms with van der Waals surface area (Å²) >= 11 is 0. The number of carbonyl (C=O) groups is 1. The summed E-state index contributed by atoms with van der Waals surface area (Å²) in [6.45, 7) is 1.47. The molecule has 70 valence electrons. The van der Waals surface area contributed by atoms with E-state index >= 15 is 0 Å². The van der Waals surface area contributed by atoms with Crippen LogP contribution in [0.2, 0.25) is 0 Å². The Kier molecular flexibility index (Phi) is 3.34. The van der Waals surface area contributed by atoms with Gasteiger partial charge in [0, 0.05) is 19.1 Å². The molecule has 0 radical (unpaired) electrons. The molecule has 1 aliphatic heterocycles. The number of amides is 1. The fourth-order valence-electron chi connectivity index (χ4n) is 1.70. The van der Waals surface area contributed by atoms with Crippen LogP contribution in [-0.2, 0) is 0 Å². The van der Waals surface area contributed by atoms with Crippen LogP contribution in [0.4, 0.5) is 4.79 Å². The van der Waals surface area contributed by atoms with Crippen molar-refractivity contribution in [3.8, 4) is 0 Å². The first-order valence-corrected chi connectivity index (χ1v) is 4.40. The molecule has 0 saturated carbocycles. The summed E-state index contributed by atoms with van der Waals surface area (Å²) in [6, 6.07) is 0.182. The highest BCUT2D eigenvalue weighted by molar-refractivity contribution is 5.65. The van der Waals surface area contributed by atoms with Crippen molar-refractivity contribution in [1.29, 1.82) is 0 Å². The largest absolute Gasteiger partial charge is 0.465 e. The van der Waals surface area contributed by atoms with Gasteiger partial charge in [-0.25, -0.2) is 4.79 Å². The maximum absolute atomic E-state index is 10.7. The minimum atomic E-state index is -0.782. The number of piperidine rings is 1. The number of likely N-dealkylation sites (tertiary alicyclic amines) is 1. The van der Waals surface area contributed by atoms with Crippen LogP contribution in [0.25, 0.3) is 0 Å². The molecule has 1 atom stereocenters. The molecule has 0 aromatic rings. The monoisotopic (exact) mass is 172 g/mol. The average Bonchev–Trinajstić information content (AvgIpc) is 2.05. The molecule has 0 spiro atoms. The Hall–Kier alpha value is -0.770. The minimum absolute atomic E-state index is 0.182. The normalized spacial score (nSPS) is 24.1. The zero-order valence-corrected chi connectivity index (χ0v) is 7.42. The molecule has 1 unspecified atom stereocenters. The molecule has 4 nitrogen and oxygen atoms in total. The zero-order valence-electron chi connectivity index (χ0n) is 7.42. The Labute approximate surface area is 72.6 Å². The van der Waals surface area contributed by atoms with Gasteiger partial charge in [-0.05, 0) is 26.3 Å². The summed E-state index contributed by atoms with van der Waals surface area (Å²) in [4.78, 5) is 12.3. The molecule has 1 amide bonds. The summed E-state index contributed by atoms with van der Waals surface area (Å²) in [6.07, 6.45) is 2.37. The smallest absolute Gasteiger partial charge is 0.407 e. The number of hydrogen-bond donors (Lipinski definition) is 2. The molecule has 0 aliphatic carbocycles. The van der Waals surface area contributed by atoms with Gasteiger partial charge in [-0.15, -0.1) is 0 Å². The molecule has 1 heterocycles. The van der Waals surface area contributed by atoms with Crippen LogP contribution < -0.4 is 5.32 Å². The quantitative estimate of drug-likeness (QED) is 0.646. The van der Waals surface area contributed by atoms with Crippen LogP contribution in [-0.4, -0.2) is 42.3 Å². The van der Waals surface area contributed by atoms with Crippen LogP contribution in [0.5, 0.6) is 0 Å². The molecule has 0 aromatic heterocycles. The molecule has 1 fully saturated rings. The van der Waals surface area contributed by atoms with Gasteiger partial charge < -0.3 is 15.3 Å². The number of nitrogens with zero attached hydrogens (tertiary/aromatic N) is 1. The third-order valence-corrected chi connectivity index (χ3v) is 2.31. The number of nitrogens with one attached hydrogen (secondary N) is 1. The maximum atomic E-state index is 10.7. The van der Waals surface area contributed by atoms with Crippen LogP contribution in [0.3, 0.4) is 0 Å². The van der Waals surface area contributed by atoms with Crippen molar-refractivity contribution < 1.29 is 9.90 Å². The Bertz CT molecular complexity index is 159. The number of likely N-dealkylation sites (N-methyl/N-ethyl adjacent to an activating group) is 1.